The van der Waals surface area contributed by atoms with Gasteiger partial charge in [0.25, 0.3) is 0 Å². The average Bonchev–Trinajstić information content (AvgIpc) is 2.23. The highest BCUT2D eigenvalue weighted by Gasteiger charge is 2.00. The molecule has 0 unspecified atom stereocenters. The van der Waals surface area contributed by atoms with E-state index in [4.69, 9.17) is 0 Å². The second-order valence-corrected chi connectivity index (χ2v) is 4.59. The first-order chi connectivity index (χ1) is 7.26. The van der Waals surface area contributed by atoms with Crippen molar-refractivity contribution in [3.8, 4) is 0 Å². The van der Waals surface area contributed by atoms with Gasteiger partial charge in [-0.25, -0.2) is 9.97 Å². The Labute approximate surface area is 96.1 Å². The first-order valence-corrected chi connectivity index (χ1v) is 6.41. The molecule has 1 heterocycles. The highest BCUT2D eigenvalue weighted by Crippen LogP contribution is 2.19. The molecule has 0 aromatic carbocycles. The Bertz CT molecular complexity index is 302. The lowest BCUT2D eigenvalue weighted by atomic mass is 10.3. The fourth-order valence-corrected chi connectivity index (χ4v) is 2.22. The van der Waals surface area contributed by atoms with E-state index in [-0.39, 0.29) is 0 Å². The maximum atomic E-state index is 4.39. The summed E-state index contributed by atoms with van der Waals surface area (Å²) in [6.07, 6.45) is 3.83. The van der Waals surface area contributed by atoms with Gasteiger partial charge >= 0.3 is 0 Å². The van der Waals surface area contributed by atoms with Crippen LogP contribution in [0.25, 0.3) is 0 Å². The number of unbranched alkanes of at least 4 members (excludes halogenated alkanes) is 2. The lowest BCUT2D eigenvalue weighted by Crippen LogP contribution is -1.98. The van der Waals surface area contributed by atoms with E-state index in [1.54, 1.807) is 0 Å². The molecule has 1 N–H and O–H groups in total. The average molecular weight is 225 g/mol. The van der Waals surface area contributed by atoms with E-state index in [1.807, 2.05) is 31.8 Å². The Morgan fingerprint density at radius 2 is 2.13 bits per heavy atom. The molecule has 1 aromatic rings. The monoisotopic (exact) mass is 225 g/mol. The number of thioether (sulfide) groups is 1. The zero-order valence-electron chi connectivity index (χ0n) is 9.71. The van der Waals surface area contributed by atoms with Crippen LogP contribution < -0.4 is 5.32 Å². The fourth-order valence-electron chi connectivity index (χ4n) is 1.25. The van der Waals surface area contributed by atoms with Gasteiger partial charge in [-0.3, -0.25) is 0 Å². The fraction of sp³-hybridized carbons (Fsp3) is 0.636. The van der Waals surface area contributed by atoms with Crippen molar-refractivity contribution in [2.75, 3.05) is 18.1 Å². The van der Waals surface area contributed by atoms with Crippen LogP contribution in [0.4, 0.5) is 5.95 Å². The van der Waals surface area contributed by atoms with Crippen molar-refractivity contribution in [3.63, 3.8) is 0 Å². The van der Waals surface area contributed by atoms with Crippen molar-refractivity contribution in [1.29, 1.82) is 0 Å². The molecule has 4 heteroatoms. The molecular weight excluding hydrogens is 206 g/mol. The molecule has 0 aliphatic heterocycles. The minimum Gasteiger partial charge on any atom is -0.357 e. The van der Waals surface area contributed by atoms with E-state index in [2.05, 4.69) is 22.2 Å². The summed E-state index contributed by atoms with van der Waals surface area (Å²) in [6, 6.07) is 2.04. The standard InChI is InChI=1S/C11H19N3S/c1-4-5-6-7-15-10-8-9(2)13-11(12-3)14-10/h8H,4-7H2,1-3H3,(H,12,13,14). The zero-order chi connectivity index (χ0) is 11.1. The van der Waals surface area contributed by atoms with E-state index in [9.17, 15) is 0 Å². The van der Waals surface area contributed by atoms with Crippen LogP contribution in [0.3, 0.4) is 0 Å². The normalized spacial score (nSPS) is 10.3. The van der Waals surface area contributed by atoms with Crippen LogP contribution in [-0.4, -0.2) is 22.8 Å². The molecule has 0 radical (unpaired) electrons. The molecule has 15 heavy (non-hydrogen) atoms. The van der Waals surface area contributed by atoms with Gasteiger partial charge in [-0.15, -0.1) is 11.8 Å². The van der Waals surface area contributed by atoms with Crippen LogP contribution in [0.15, 0.2) is 11.1 Å². The number of hydrogen-bond donors (Lipinski definition) is 1. The molecule has 0 spiro atoms. The molecule has 0 aliphatic carbocycles. The number of nitrogens with one attached hydrogen (secondary N) is 1. The number of nitrogens with zero attached hydrogens (tertiary/aromatic N) is 2. The molecule has 0 saturated heterocycles. The van der Waals surface area contributed by atoms with E-state index in [0.29, 0.717) is 5.95 Å². The molecular formula is C11H19N3S. The van der Waals surface area contributed by atoms with Crippen molar-refractivity contribution in [3.05, 3.63) is 11.8 Å². The molecule has 3 nitrogen and oxygen atoms in total. The Balaban J connectivity index is 2.49. The van der Waals surface area contributed by atoms with Crippen molar-refractivity contribution in [2.24, 2.45) is 0 Å². The van der Waals surface area contributed by atoms with E-state index in [0.717, 1.165) is 16.5 Å². The lowest BCUT2D eigenvalue weighted by Gasteiger charge is -2.04. The van der Waals surface area contributed by atoms with E-state index >= 15 is 0 Å². The second-order valence-electron chi connectivity index (χ2n) is 3.48. The molecule has 0 atom stereocenters. The van der Waals surface area contributed by atoms with Gasteiger partial charge < -0.3 is 5.32 Å². The SMILES string of the molecule is CCCCCSc1cc(C)nc(NC)n1. The minimum atomic E-state index is 0.716. The number of hydrogen-bond acceptors (Lipinski definition) is 4. The Morgan fingerprint density at radius 1 is 1.33 bits per heavy atom. The molecule has 0 amide bonds. The lowest BCUT2D eigenvalue weighted by molar-refractivity contribution is 0.778. The largest absolute Gasteiger partial charge is 0.357 e. The maximum absolute atomic E-state index is 4.39. The van der Waals surface area contributed by atoms with Crippen molar-refractivity contribution >= 4 is 17.7 Å². The van der Waals surface area contributed by atoms with Gasteiger partial charge in [0.05, 0.1) is 0 Å². The Kier molecular flexibility index (Phi) is 5.47. The number of aromatic nitrogens is 2. The Morgan fingerprint density at radius 3 is 2.80 bits per heavy atom. The summed E-state index contributed by atoms with van der Waals surface area (Å²) in [5, 5.41) is 4.05. The van der Waals surface area contributed by atoms with Crippen LogP contribution in [0.5, 0.6) is 0 Å². The third-order valence-electron chi connectivity index (χ3n) is 2.05. The van der Waals surface area contributed by atoms with Gasteiger partial charge in [-0.2, -0.15) is 0 Å². The second kappa shape index (κ2) is 6.67. The third kappa shape index (κ3) is 4.51. The van der Waals surface area contributed by atoms with E-state index < -0.39 is 0 Å². The summed E-state index contributed by atoms with van der Waals surface area (Å²) in [5.41, 5.74) is 1.02. The zero-order valence-corrected chi connectivity index (χ0v) is 10.5. The summed E-state index contributed by atoms with van der Waals surface area (Å²) in [6.45, 7) is 4.22. The molecule has 0 saturated carbocycles. The Hall–Kier alpha value is -0.770. The smallest absolute Gasteiger partial charge is 0.223 e. The molecule has 1 rings (SSSR count). The molecule has 0 fully saturated rings. The summed E-state index contributed by atoms with van der Waals surface area (Å²) in [4.78, 5) is 8.65. The summed E-state index contributed by atoms with van der Waals surface area (Å²) >= 11 is 1.81. The third-order valence-corrected chi connectivity index (χ3v) is 3.05. The highest BCUT2D eigenvalue weighted by molar-refractivity contribution is 7.99. The molecule has 0 bridgehead atoms. The number of rotatable bonds is 6. The first-order valence-electron chi connectivity index (χ1n) is 5.42. The predicted molar refractivity (Wildman–Crippen MR) is 66.6 cm³/mol. The first kappa shape index (κ1) is 12.3. The van der Waals surface area contributed by atoms with Crippen molar-refractivity contribution in [2.45, 2.75) is 38.1 Å². The van der Waals surface area contributed by atoms with Gasteiger partial charge in [0.2, 0.25) is 5.95 Å². The van der Waals surface area contributed by atoms with Crippen molar-refractivity contribution in [1.82, 2.24) is 9.97 Å². The summed E-state index contributed by atoms with van der Waals surface area (Å²) in [5.74, 6) is 1.86. The van der Waals surface area contributed by atoms with Gasteiger partial charge in [0.1, 0.15) is 5.03 Å². The summed E-state index contributed by atoms with van der Waals surface area (Å²) in [7, 11) is 1.85. The van der Waals surface area contributed by atoms with Crippen LogP contribution in [0.1, 0.15) is 31.9 Å². The quantitative estimate of drug-likeness (QED) is 0.458. The number of aryl methyl sites for hydroxylation is 1. The van der Waals surface area contributed by atoms with Gasteiger partial charge in [0, 0.05) is 12.7 Å². The van der Waals surface area contributed by atoms with Gasteiger partial charge in [-0.1, -0.05) is 19.8 Å². The topological polar surface area (TPSA) is 37.8 Å². The van der Waals surface area contributed by atoms with Gasteiger partial charge in [-0.05, 0) is 25.2 Å². The van der Waals surface area contributed by atoms with Crippen LogP contribution in [-0.2, 0) is 0 Å². The van der Waals surface area contributed by atoms with E-state index in [1.165, 1.54) is 19.3 Å². The minimum absolute atomic E-state index is 0.716. The highest BCUT2D eigenvalue weighted by atomic mass is 32.2. The molecule has 1 aromatic heterocycles. The van der Waals surface area contributed by atoms with Gasteiger partial charge in [0.15, 0.2) is 0 Å². The maximum Gasteiger partial charge on any atom is 0.223 e. The van der Waals surface area contributed by atoms with Crippen LogP contribution in [0, 0.1) is 6.92 Å². The number of anilines is 1. The molecule has 84 valence electrons. The van der Waals surface area contributed by atoms with Crippen LogP contribution >= 0.6 is 11.8 Å². The molecule has 0 aliphatic rings. The predicted octanol–water partition coefficient (Wildman–Crippen LogP) is 3.11. The van der Waals surface area contributed by atoms with Crippen molar-refractivity contribution < 1.29 is 0 Å². The van der Waals surface area contributed by atoms with Crippen LogP contribution in [0.2, 0.25) is 0 Å². The summed E-state index contributed by atoms with van der Waals surface area (Å²) < 4.78 is 0.